The summed E-state index contributed by atoms with van der Waals surface area (Å²) in [6, 6.07) is 9.73. The summed E-state index contributed by atoms with van der Waals surface area (Å²) in [6.45, 7) is 2.20. The van der Waals surface area contributed by atoms with Crippen molar-refractivity contribution in [1.82, 2.24) is 0 Å². The maximum atomic E-state index is 9.86. The van der Waals surface area contributed by atoms with Crippen molar-refractivity contribution in [2.45, 2.75) is 58.0 Å². The van der Waals surface area contributed by atoms with Crippen LogP contribution in [0.4, 0.5) is 0 Å². The van der Waals surface area contributed by atoms with Crippen LogP contribution in [0.3, 0.4) is 0 Å². The van der Waals surface area contributed by atoms with Crippen molar-refractivity contribution in [1.29, 1.82) is 5.26 Å². The van der Waals surface area contributed by atoms with Gasteiger partial charge in [0.1, 0.15) is 0 Å². The van der Waals surface area contributed by atoms with Crippen molar-refractivity contribution in [3.8, 4) is 6.07 Å². The molecule has 1 N–H and O–H groups in total. The molecule has 0 radical (unpaired) electrons. The summed E-state index contributed by atoms with van der Waals surface area (Å²) in [4.78, 5) is 0. The lowest BCUT2D eigenvalue weighted by molar-refractivity contribution is 0.151. The average molecular weight is 245 g/mol. The van der Waals surface area contributed by atoms with E-state index in [1.54, 1.807) is 0 Å². The van der Waals surface area contributed by atoms with Gasteiger partial charge in [0.25, 0.3) is 0 Å². The molecule has 0 spiro atoms. The number of aliphatic hydroxyl groups excluding tert-OH is 1. The van der Waals surface area contributed by atoms with Crippen molar-refractivity contribution in [3.63, 3.8) is 0 Å². The van der Waals surface area contributed by atoms with Gasteiger partial charge in [-0.2, -0.15) is 5.26 Å². The Bertz CT molecular complexity index is 364. The molecule has 1 aromatic carbocycles. The monoisotopic (exact) mass is 245 g/mol. The quantitative estimate of drug-likeness (QED) is 0.707. The van der Waals surface area contributed by atoms with Crippen LogP contribution < -0.4 is 0 Å². The van der Waals surface area contributed by atoms with Crippen molar-refractivity contribution in [3.05, 3.63) is 35.4 Å². The molecule has 0 unspecified atom stereocenters. The normalized spacial score (nSPS) is 12.1. The van der Waals surface area contributed by atoms with Gasteiger partial charge in [0.15, 0.2) is 0 Å². The van der Waals surface area contributed by atoms with Crippen LogP contribution in [0.1, 0.15) is 56.6 Å². The van der Waals surface area contributed by atoms with E-state index >= 15 is 0 Å². The van der Waals surface area contributed by atoms with Gasteiger partial charge in [-0.05, 0) is 37.0 Å². The van der Waals surface area contributed by atoms with Gasteiger partial charge in [-0.1, -0.05) is 44.7 Å². The smallest absolute Gasteiger partial charge is 0.0991 e. The van der Waals surface area contributed by atoms with E-state index in [0.29, 0.717) is 5.56 Å². The molecule has 2 heteroatoms. The van der Waals surface area contributed by atoms with Crippen LogP contribution in [0.15, 0.2) is 24.3 Å². The molecule has 0 aromatic heterocycles. The zero-order valence-electron chi connectivity index (χ0n) is 11.2. The summed E-state index contributed by atoms with van der Waals surface area (Å²) in [5.74, 6) is 0. The molecule has 0 bridgehead atoms. The zero-order chi connectivity index (χ0) is 13.2. The number of rotatable bonds is 8. The first-order valence-corrected chi connectivity index (χ1v) is 6.93. The Labute approximate surface area is 110 Å². The first-order chi connectivity index (χ1) is 8.76. The van der Waals surface area contributed by atoms with Crippen LogP contribution in [0.2, 0.25) is 0 Å². The van der Waals surface area contributed by atoms with Gasteiger partial charge in [0.05, 0.1) is 17.7 Å². The second kappa shape index (κ2) is 8.72. The van der Waals surface area contributed by atoms with Crippen LogP contribution in [-0.4, -0.2) is 11.2 Å². The van der Waals surface area contributed by atoms with E-state index in [4.69, 9.17) is 5.26 Å². The van der Waals surface area contributed by atoms with Crippen molar-refractivity contribution >= 4 is 0 Å². The summed E-state index contributed by atoms with van der Waals surface area (Å²) >= 11 is 0. The van der Waals surface area contributed by atoms with Crippen molar-refractivity contribution < 1.29 is 5.11 Å². The largest absolute Gasteiger partial charge is 0.393 e. The molecule has 0 fully saturated rings. The first kappa shape index (κ1) is 14.7. The highest BCUT2D eigenvalue weighted by Gasteiger charge is 2.04. The third-order valence-electron chi connectivity index (χ3n) is 3.24. The lowest BCUT2D eigenvalue weighted by Gasteiger charge is -2.10. The Morgan fingerprint density at radius 2 is 1.83 bits per heavy atom. The Hall–Kier alpha value is -1.33. The van der Waals surface area contributed by atoms with Crippen LogP contribution >= 0.6 is 0 Å². The third-order valence-corrected chi connectivity index (χ3v) is 3.24. The van der Waals surface area contributed by atoms with E-state index in [1.807, 2.05) is 24.3 Å². The molecule has 98 valence electrons. The van der Waals surface area contributed by atoms with Crippen LogP contribution in [-0.2, 0) is 6.42 Å². The Morgan fingerprint density at radius 1 is 1.11 bits per heavy atom. The summed E-state index contributed by atoms with van der Waals surface area (Å²) in [5.41, 5.74) is 1.89. The molecule has 0 heterocycles. The molecule has 0 saturated heterocycles. The van der Waals surface area contributed by atoms with Gasteiger partial charge in [-0.25, -0.2) is 0 Å². The number of nitrogens with zero attached hydrogens (tertiary/aromatic N) is 1. The number of aliphatic hydroxyl groups is 1. The highest BCUT2D eigenvalue weighted by molar-refractivity contribution is 5.31. The molecule has 1 atom stereocenters. The SMILES string of the molecule is CCCCCC[C@H](O)CCc1ccc(C#N)cc1. The fourth-order valence-electron chi connectivity index (χ4n) is 2.03. The summed E-state index contributed by atoms with van der Waals surface area (Å²) < 4.78 is 0. The molecule has 0 saturated carbocycles. The molecule has 1 rings (SSSR count). The predicted octanol–water partition coefficient (Wildman–Crippen LogP) is 3.82. The number of aryl methyl sites for hydroxylation is 1. The van der Waals surface area contributed by atoms with Crippen LogP contribution in [0, 0.1) is 11.3 Å². The molecular weight excluding hydrogens is 222 g/mol. The molecule has 0 aliphatic heterocycles. The Kier molecular flexibility index (Phi) is 7.13. The van der Waals surface area contributed by atoms with Crippen LogP contribution in [0.5, 0.6) is 0 Å². The van der Waals surface area contributed by atoms with Gasteiger partial charge >= 0.3 is 0 Å². The number of hydrogen-bond acceptors (Lipinski definition) is 2. The van der Waals surface area contributed by atoms with Gasteiger partial charge in [-0.15, -0.1) is 0 Å². The second-order valence-electron chi connectivity index (χ2n) is 4.85. The number of unbranched alkanes of at least 4 members (excludes halogenated alkanes) is 3. The summed E-state index contributed by atoms with van der Waals surface area (Å²) in [6.07, 6.45) is 7.29. The molecule has 18 heavy (non-hydrogen) atoms. The van der Waals surface area contributed by atoms with Crippen molar-refractivity contribution in [2.75, 3.05) is 0 Å². The highest BCUT2D eigenvalue weighted by Crippen LogP contribution is 2.12. The molecule has 0 aliphatic carbocycles. The number of hydrogen-bond donors (Lipinski definition) is 1. The minimum atomic E-state index is -0.183. The number of benzene rings is 1. The fourth-order valence-corrected chi connectivity index (χ4v) is 2.03. The Morgan fingerprint density at radius 3 is 2.44 bits per heavy atom. The Balaban J connectivity index is 2.21. The van der Waals surface area contributed by atoms with E-state index in [2.05, 4.69) is 13.0 Å². The lowest BCUT2D eigenvalue weighted by atomic mass is 10.0. The molecule has 2 nitrogen and oxygen atoms in total. The summed E-state index contributed by atoms with van der Waals surface area (Å²) in [7, 11) is 0. The van der Waals surface area contributed by atoms with Gasteiger partial charge in [0, 0.05) is 0 Å². The zero-order valence-corrected chi connectivity index (χ0v) is 11.2. The second-order valence-corrected chi connectivity index (χ2v) is 4.85. The van der Waals surface area contributed by atoms with Gasteiger partial charge in [0.2, 0.25) is 0 Å². The maximum Gasteiger partial charge on any atom is 0.0991 e. The van der Waals surface area contributed by atoms with Crippen molar-refractivity contribution in [2.24, 2.45) is 0 Å². The lowest BCUT2D eigenvalue weighted by Crippen LogP contribution is -2.07. The number of nitriles is 1. The van der Waals surface area contributed by atoms with E-state index in [0.717, 1.165) is 25.7 Å². The first-order valence-electron chi connectivity index (χ1n) is 6.93. The van der Waals surface area contributed by atoms with Crippen LogP contribution in [0.25, 0.3) is 0 Å². The predicted molar refractivity (Wildman–Crippen MR) is 74.2 cm³/mol. The standard InChI is InChI=1S/C16H23NO/c1-2-3-4-5-6-16(18)12-11-14-7-9-15(13-17)10-8-14/h7-10,16,18H,2-6,11-12H2,1H3/t16-/m0/s1. The molecular formula is C16H23NO. The maximum absolute atomic E-state index is 9.86. The molecule has 0 aliphatic rings. The van der Waals surface area contributed by atoms with E-state index in [1.165, 1.54) is 24.8 Å². The topological polar surface area (TPSA) is 44.0 Å². The minimum Gasteiger partial charge on any atom is -0.393 e. The third kappa shape index (κ3) is 5.84. The van der Waals surface area contributed by atoms with E-state index in [9.17, 15) is 5.11 Å². The average Bonchev–Trinajstić information content (AvgIpc) is 2.42. The van der Waals surface area contributed by atoms with E-state index in [-0.39, 0.29) is 6.10 Å². The van der Waals surface area contributed by atoms with Gasteiger partial charge in [-0.3, -0.25) is 0 Å². The molecule has 0 amide bonds. The highest BCUT2D eigenvalue weighted by atomic mass is 16.3. The molecule has 1 aromatic rings. The minimum absolute atomic E-state index is 0.183. The summed E-state index contributed by atoms with van der Waals surface area (Å²) in [5, 5.41) is 18.6. The fraction of sp³-hybridized carbons (Fsp3) is 0.562. The van der Waals surface area contributed by atoms with Gasteiger partial charge < -0.3 is 5.11 Å². The van der Waals surface area contributed by atoms with E-state index < -0.39 is 0 Å².